The van der Waals surface area contributed by atoms with E-state index in [1.165, 1.54) is 5.56 Å². The van der Waals surface area contributed by atoms with E-state index in [0.717, 1.165) is 12.4 Å². The number of anilines is 2. The van der Waals surface area contributed by atoms with Crippen LogP contribution in [0.4, 0.5) is 11.5 Å². The third-order valence-corrected chi connectivity index (χ3v) is 2.87. The molecule has 0 bridgehead atoms. The first kappa shape index (κ1) is 10.8. The van der Waals surface area contributed by atoms with Crippen LogP contribution in [0.2, 0.25) is 0 Å². The zero-order valence-corrected chi connectivity index (χ0v) is 9.75. The Morgan fingerprint density at radius 2 is 2.31 bits per heavy atom. The monoisotopic (exact) mass is 235 g/mol. The summed E-state index contributed by atoms with van der Waals surface area (Å²) < 4.78 is 5.05. The first-order chi connectivity index (χ1) is 7.79. The normalized spacial score (nSPS) is 10.1. The maximum absolute atomic E-state index is 5.68. The molecule has 0 radical (unpaired) electrons. The molecule has 2 aromatic heterocycles. The van der Waals surface area contributed by atoms with Crippen molar-refractivity contribution in [1.82, 2.24) is 4.98 Å². The van der Waals surface area contributed by atoms with Crippen molar-refractivity contribution < 1.29 is 4.74 Å². The maximum atomic E-state index is 5.68. The van der Waals surface area contributed by atoms with Crippen molar-refractivity contribution in [2.45, 2.75) is 6.54 Å². The van der Waals surface area contributed by atoms with Gasteiger partial charge in [-0.05, 0) is 34.5 Å². The minimum absolute atomic E-state index is 0.454. The van der Waals surface area contributed by atoms with E-state index in [2.05, 4.69) is 21.7 Å². The van der Waals surface area contributed by atoms with E-state index in [-0.39, 0.29) is 0 Å². The number of hydrogen-bond donors (Lipinski definition) is 2. The Kier molecular flexibility index (Phi) is 3.26. The quantitative estimate of drug-likeness (QED) is 0.854. The minimum atomic E-state index is 0.454. The molecule has 0 fully saturated rings. The molecule has 84 valence electrons. The highest BCUT2D eigenvalue weighted by Crippen LogP contribution is 2.20. The van der Waals surface area contributed by atoms with Crippen LogP contribution < -0.4 is 15.8 Å². The number of nitrogens with two attached hydrogens (primary N) is 1. The topological polar surface area (TPSA) is 60.2 Å². The van der Waals surface area contributed by atoms with Crippen LogP contribution in [0.1, 0.15) is 5.56 Å². The number of aromatic nitrogens is 1. The zero-order chi connectivity index (χ0) is 11.4. The van der Waals surface area contributed by atoms with Gasteiger partial charge in [-0.2, -0.15) is 16.3 Å². The molecule has 4 nitrogen and oxygen atoms in total. The first-order valence-electron chi connectivity index (χ1n) is 4.85. The molecule has 3 N–H and O–H groups in total. The van der Waals surface area contributed by atoms with Crippen LogP contribution in [-0.2, 0) is 6.54 Å². The van der Waals surface area contributed by atoms with Crippen molar-refractivity contribution in [2.75, 3.05) is 18.2 Å². The lowest BCUT2D eigenvalue weighted by Crippen LogP contribution is -2.02. The van der Waals surface area contributed by atoms with Gasteiger partial charge in [-0.1, -0.05) is 0 Å². The largest absolute Gasteiger partial charge is 0.479 e. The predicted molar refractivity (Wildman–Crippen MR) is 66.8 cm³/mol. The number of ether oxygens (including phenoxy) is 1. The van der Waals surface area contributed by atoms with Gasteiger partial charge in [0.2, 0.25) is 5.88 Å². The summed E-state index contributed by atoms with van der Waals surface area (Å²) in [5, 5.41) is 7.36. The number of rotatable bonds is 4. The first-order valence-corrected chi connectivity index (χ1v) is 5.79. The van der Waals surface area contributed by atoms with Crippen molar-refractivity contribution >= 4 is 22.8 Å². The second-order valence-electron chi connectivity index (χ2n) is 3.28. The van der Waals surface area contributed by atoms with Crippen LogP contribution in [-0.4, -0.2) is 12.1 Å². The van der Waals surface area contributed by atoms with E-state index < -0.39 is 0 Å². The number of nitrogens with one attached hydrogen (secondary N) is 1. The SMILES string of the molecule is COc1nc(NCc2ccsc2)ccc1N. The summed E-state index contributed by atoms with van der Waals surface area (Å²) in [6.45, 7) is 0.754. The Morgan fingerprint density at radius 3 is 3.00 bits per heavy atom. The average Bonchev–Trinajstić information content (AvgIpc) is 2.81. The van der Waals surface area contributed by atoms with Crippen molar-refractivity contribution in [3.63, 3.8) is 0 Å². The summed E-state index contributed by atoms with van der Waals surface area (Å²) in [7, 11) is 1.56. The highest BCUT2D eigenvalue weighted by atomic mass is 32.1. The molecule has 0 spiro atoms. The Balaban J connectivity index is 2.04. The van der Waals surface area contributed by atoms with Gasteiger partial charge in [0.05, 0.1) is 12.8 Å². The molecule has 0 unspecified atom stereocenters. The maximum Gasteiger partial charge on any atom is 0.238 e. The zero-order valence-electron chi connectivity index (χ0n) is 8.93. The molecule has 16 heavy (non-hydrogen) atoms. The molecule has 2 aromatic rings. The van der Waals surface area contributed by atoms with E-state index in [9.17, 15) is 0 Å². The molecule has 0 atom stereocenters. The van der Waals surface area contributed by atoms with Crippen molar-refractivity contribution in [3.05, 3.63) is 34.5 Å². The molecular formula is C11H13N3OS. The second kappa shape index (κ2) is 4.85. The third-order valence-electron chi connectivity index (χ3n) is 2.14. The molecule has 0 aliphatic carbocycles. The van der Waals surface area contributed by atoms with E-state index >= 15 is 0 Å². The van der Waals surface area contributed by atoms with Crippen LogP contribution in [0, 0.1) is 0 Å². The van der Waals surface area contributed by atoms with Crippen LogP contribution in [0.3, 0.4) is 0 Å². The summed E-state index contributed by atoms with van der Waals surface area (Å²) in [5.74, 6) is 1.22. The Bertz CT molecular complexity index is 456. The average molecular weight is 235 g/mol. The van der Waals surface area contributed by atoms with Crippen LogP contribution in [0.15, 0.2) is 29.0 Å². The molecule has 0 aliphatic rings. The lowest BCUT2D eigenvalue weighted by Gasteiger charge is -2.07. The fourth-order valence-electron chi connectivity index (χ4n) is 1.30. The standard InChI is InChI=1S/C11H13N3OS/c1-15-11-9(12)2-3-10(14-11)13-6-8-4-5-16-7-8/h2-5,7H,6,12H2,1H3,(H,13,14). The number of pyridine rings is 1. The molecular weight excluding hydrogens is 222 g/mol. The van der Waals surface area contributed by atoms with Crippen molar-refractivity contribution in [3.8, 4) is 5.88 Å². The highest BCUT2D eigenvalue weighted by Gasteiger charge is 2.02. The number of thiophene rings is 1. The molecule has 5 heteroatoms. The van der Waals surface area contributed by atoms with Crippen molar-refractivity contribution in [2.24, 2.45) is 0 Å². The van der Waals surface area contributed by atoms with E-state index in [1.807, 2.05) is 11.4 Å². The van der Waals surface area contributed by atoms with E-state index in [1.54, 1.807) is 24.5 Å². The van der Waals surface area contributed by atoms with E-state index in [4.69, 9.17) is 10.5 Å². The molecule has 0 aliphatic heterocycles. The van der Waals surface area contributed by atoms with Crippen LogP contribution in [0.25, 0.3) is 0 Å². The smallest absolute Gasteiger partial charge is 0.238 e. The van der Waals surface area contributed by atoms with Gasteiger partial charge < -0.3 is 15.8 Å². The Labute approximate surface area is 98.1 Å². The second-order valence-corrected chi connectivity index (χ2v) is 4.06. The summed E-state index contributed by atoms with van der Waals surface area (Å²) >= 11 is 1.68. The van der Waals surface area contributed by atoms with Gasteiger partial charge in [-0.15, -0.1) is 0 Å². The molecule has 0 saturated heterocycles. The summed E-state index contributed by atoms with van der Waals surface area (Å²) in [5.41, 5.74) is 7.46. The number of nitrogens with zero attached hydrogens (tertiary/aromatic N) is 1. The molecule has 2 rings (SSSR count). The van der Waals surface area contributed by atoms with Gasteiger partial charge in [-0.3, -0.25) is 0 Å². The van der Waals surface area contributed by atoms with Gasteiger partial charge >= 0.3 is 0 Å². The van der Waals surface area contributed by atoms with Gasteiger partial charge in [0.1, 0.15) is 5.82 Å². The van der Waals surface area contributed by atoms with Gasteiger partial charge in [0, 0.05) is 6.54 Å². The lowest BCUT2D eigenvalue weighted by molar-refractivity contribution is 0.401. The lowest BCUT2D eigenvalue weighted by atomic mass is 10.3. The summed E-state index contributed by atoms with van der Waals surface area (Å²) in [4.78, 5) is 4.24. The number of methoxy groups -OCH3 is 1. The summed E-state index contributed by atoms with van der Waals surface area (Å²) in [6, 6.07) is 5.69. The Morgan fingerprint density at radius 1 is 1.44 bits per heavy atom. The van der Waals surface area contributed by atoms with Crippen molar-refractivity contribution in [1.29, 1.82) is 0 Å². The summed E-state index contributed by atoms with van der Waals surface area (Å²) in [6.07, 6.45) is 0. The predicted octanol–water partition coefficient (Wildman–Crippen LogP) is 2.35. The van der Waals surface area contributed by atoms with Gasteiger partial charge in [0.25, 0.3) is 0 Å². The molecule has 0 amide bonds. The van der Waals surface area contributed by atoms with Crippen LogP contribution in [0.5, 0.6) is 5.88 Å². The minimum Gasteiger partial charge on any atom is -0.479 e. The molecule has 0 aromatic carbocycles. The van der Waals surface area contributed by atoms with E-state index in [0.29, 0.717) is 11.6 Å². The van der Waals surface area contributed by atoms with Crippen LogP contribution >= 0.6 is 11.3 Å². The molecule has 0 saturated carbocycles. The number of hydrogen-bond acceptors (Lipinski definition) is 5. The molecule has 2 heterocycles. The highest BCUT2D eigenvalue weighted by molar-refractivity contribution is 7.07. The Hall–Kier alpha value is -1.75. The number of nitrogen functional groups attached to an aromatic ring is 1. The third kappa shape index (κ3) is 2.43. The van der Waals surface area contributed by atoms with Gasteiger partial charge in [-0.25, -0.2) is 0 Å². The van der Waals surface area contributed by atoms with Gasteiger partial charge in [0.15, 0.2) is 0 Å². The fraction of sp³-hybridized carbons (Fsp3) is 0.182. The fourth-order valence-corrected chi connectivity index (χ4v) is 1.97.